The van der Waals surface area contributed by atoms with Gasteiger partial charge in [0.25, 0.3) is 5.91 Å². The molecule has 120 valence electrons. The van der Waals surface area contributed by atoms with Crippen molar-refractivity contribution < 1.29 is 4.79 Å². The lowest BCUT2D eigenvalue weighted by Crippen LogP contribution is -2.31. The third kappa shape index (κ3) is 3.07. The second kappa shape index (κ2) is 6.69. The van der Waals surface area contributed by atoms with Crippen LogP contribution in [0.1, 0.15) is 19.5 Å². The maximum Gasteiger partial charge on any atom is 0.262 e. The number of carbonyl (C=O) groups excluding carboxylic acids is 1. The number of thiazole rings is 1. The van der Waals surface area contributed by atoms with Gasteiger partial charge in [-0.25, -0.2) is 4.98 Å². The van der Waals surface area contributed by atoms with E-state index in [0.717, 1.165) is 21.9 Å². The van der Waals surface area contributed by atoms with Crippen molar-refractivity contribution in [2.75, 3.05) is 0 Å². The quantitative estimate of drug-likeness (QED) is 0.585. The van der Waals surface area contributed by atoms with Gasteiger partial charge in [-0.05, 0) is 19.9 Å². The summed E-state index contributed by atoms with van der Waals surface area (Å²) < 4.78 is 1.90. The highest BCUT2D eigenvalue weighted by Crippen LogP contribution is 2.28. The molecule has 3 rings (SSSR count). The van der Waals surface area contributed by atoms with Gasteiger partial charge in [-0.15, -0.1) is 11.3 Å². The molecule has 2 aromatic heterocycles. The summed E-state index contributed by atoms with van der Waals surface area (Å²) in [4.78, 5) is 17.7. The monoisotopic (exact) mass is 336 g/mol. The lowest BCUT2D eigenvalue weighted by Gasteiger charge is -2.07. The van der Waals surface area contributed by atoms with Gasteiger partial charge in [-0.1, -0.05) is 30.3 Å². The van der Waals surface area contributed by atoms with Gasteiger partial charge in [0.2, 0.25) is 0 Å². The molecule has 1 amide bonds. The summed E-state index contributed by atoms with van der Waals surface area (Å²) >= 11 is 1.51. The molecular weight excluding hydrogens is 320 g/mol. The molecule has 0 radical (unpaired) electrons. The number of nitrogens with one attached hydrogen (secondary N) is 1. The Hall–Kier alpha value is -2.91. The van der Waals surface area contributed by atoms with Gasteiger partial charge in [0.1, 0.15) is 11.6 Å². The van der Waals surface area contributed by atoms with Crippen LogP contribution < -0.4 is 5.32 Å². The molecule has 0 fully saturated rings. The van der Waals surface area contributed by atoms with E-state index < -0.39 is 0 Å². The number of fused-ring (bicyclic) bond motifs is 1. The van der Waals surface area contributed by atoms with Crippen molar-refractivity contribution in [3.8, 4) is 17.3 Å². The first kappa shape index (κ1) is 16.0. The largest absolute Gasteiger partial charge is 0.349 e. The summed E-state index contributed by atoms with van der Waals surface area (Å²) in [7, 11) is 0. The molecule has 2 heterocycles. The Morgan fingerprint density at radius 2 is 2.12 bits per heavy atom. The number of nitrogens with zero attached hydrogens (tertiary/aromatic N) is 3. The van der Waals surface area contributed by atoms with Crippen LogP contribution in [0.4, 0.5) is 0 Å². The standard InChI is InChI=1S/C18H16N4OS/c1-12(2)20-17(23)14(11-19)10-15-16(13-6-4-3-5-7-13)21-18-22(15)8-9-24-18/h3-10,12H,1-2H3,(H,20,23)/b14-10+. The van der Waals surface area contributed by atoms with Crippen LogP contribution in [0.3, 0.4) is 0 Å². The highest BCUT2D eigenvalue weighted by Gasteiger charge is 2.17. The van der Waals surface area contributed by atoms with Crippen molar-refractivity contribution in [3.63, 3.8) is 0 Å². The highest BCUT2D eigenvalue weighted by atomic mass is 32.1. The molecule has 0 atom stereocenters. The Bertz CT molecular complexity index is 944. The van der Waals surface area contributed by atoms with Crippen LogP contribution in [-0.2, 0) is 4.79 Å². The van der Waals surface area contributed by atoms with Crippen molar-refractivity contribution in [3.05, 3.63) is 53.2 Å². The first-order valence-electron chi connectivity index (χ1n) is 7.53. The van der Waals surface area contributed by atoms with Crippen molar-refractivity contribution in [1.29, 1.82) is 5.26 Å². The van der Waals surface area contributed by atoms with Gasteiger partial charge in [0, 0.05) is 23.2 Å². The third-order valence-electron chi connectivity index (χ3n) is 3.41. The van der Waals surface area contributed by atoms with Gasteiger partial charge >= 0.3 is 0 Å². The predicted molar refractivity (Wildman–Crippen MR) is 95.4 cm³/mol. The highest BCUT2D eigenvalue weighted by molar-refractivity contribution is 7.15. The zero-order valence-electron chi connectivity index (χ0n) is 13.4. The fourth-order valence-corrected chi connectivity index (χ4v) is 3.10. The van der Waals surface area contributed by atoms with Crippen LogP contribution in [0.5, 0.6) is 0 Å². The molecule has 0 unspecified atom stereocenters. The average Bonchev–Trinajstić information content (AvgIpc) is 3.14. The molecule has 1 aromatic carbocycles. The summed E-state index contributed by atoms with van der Waals surface area (Å²) in [5.41, 5.74) is 2.50. The molecule has 0 bridgehead atoms. The summed E-state index contributed by atoms with van der Waals surface area (Å²) in [6.45, 7) is 3.72. The van der Waals surface area contributed by atoms with Crippen molar-refractivity contribution in [1.82, 2.24) is 14.7 Å². The smallest absolute Gasteiger partial charge is 0.262 e. The van der Waals surface area contributed by atoms with Gasteiger partial charge in [0.05, 0.1) is 11.4 Å². The summed E-state index contributed by atoms with van der Waals surface area (Å²) in [6.07, 6.45) is 3.49. The van der Waals surface area contributed by atoms with E-state index in [1.54, 1.807) is 6.08 Å². The number of imidazole rings is 1. The zero-order valence-corrected chi connectivity index (χ0v) is 14.2. The van der Waals surface area contributed by atoms with E-state index in [9.17, 15) is 10.1 Å². The van der Waals surface area contributed by atoms with E-state index in [4.69, 9.17) is 0 Å². The molecule has 24 heavy (non-hydrogen) atoms. The van der Waals surface area contributed by atoms with Gasteiger partial charge in [0.15, 0.2) is 4.96 Å². The van der Waals surface area contributed by atoms with Crippen LogP contribution >= 0.6 is 11.3 Å². The average molecular weight is 336 g/mol. The fraction of sp³-hybridized carbons (Fsp3) is 0.167. The molecule has 0 aliphatic carbocycles. The lowest BCUT2D eigenvalue weighted by molar-refractivity contribution is -0.117. The number of aromatic nitrogens is 2. The van der Waals surface area contributed by atoms with Crippen LogP contribution in [0.25, 0.3) is 22.3 Å². The molecule has 0 saturated heterocycles. The van der Waals surface area contributed by atoms with Gasteiger partial charge in [-0.2, -0.15) is 5.26 Å². The number of benzene rings is 1. The first-order valence-corrected chi connectivity index (χ1v) is 8.41. The Kier molecular flexibility index (Phi) is 4.45. The van der Waals surface area contributed by atoms with Gasteiger partial charge < -0.3 is 5.32 Å². The molecule has 0 saturated carbocycles. The Morgan fingerprint density at radius 3 is 2.79 bits per heavy atom. The molecule has 0 spiro atoms. The van der Waals surface area contributed by atoms with E-state index in [2.05, 4.69) is 10.3 Å². The number of hydrogen-bond acceptors (Lipinski definition) is 4. The van der Waals surface area contributed by atoms with Gasteiger partial charge in [-0.3, -0.25) is 9.20 Å². The number of nitriles is 1. The molecular formula is C18H16N4OS. The topological polar surface area (TPSA) is 70.2 Å². The Morgan fingerprint density at radius 1 is 1.38 bits per heavy atom. The van der Waals surface area contributed by atoms with Crippen LogP contribution in [0.2, 0.25) is 0 Å². The summed E-state index contributed by atoms with van der Waals surface area (Å²) in [6, 6.07) is 11.7. The predicted octanol–water partition coefficient (Wildman–Crippen LogP) is 3.49. The minimum Gasteiger partial charge on any atom is -0.349 e. The molecule has 5 nitrogen and oxygen atoms in total. The molecule has 3 aromatic rings. The number of amides is 1. The van der Waals surface area contributed by atoms with Crippen LogP contribution in [0.15, 0.2) is 47.5 Å². The number of carbonyl (C=O) groups is 1. The Balaban J connectivity index is 2.14. The normalized spacial score (nSPS) is 11.7. The molecule has 1 N–H and O–H groups in total. The number of rotatable bonds is 4. The zero-order chi connectivity index (χ0) is 17.1. The second-order valence-corrected chi connectivity index (χ2v) is 6.44. The maximum atomic E-state index is 12.2. The minimum atomic E-state index is -0.378. The first-order chi connectivity index (χ1) is 11.6. The van der Waals surface area contributed by atoms with Crippen LogP contribution in [-0.4, -0.2) is 21.3 Å². The molecule has 6 heteroatoms. The summed E-state index contributed by atoms with van der Waals surface area (Å²) in [5.74, 6) is -0.378. The van der Waals surface area contributed by atoms with Crippen molar-refractivity contribution in [2.45, 2.75) is 19.9 Å². The number of hydrogen-bond donors (Lipinski definition) is 1. The van der Waals surface area contributed by atoms with E-state index in [-0.39, 0.29) is 17.5 Å². The molecule has 0 aliphatic rings. The second-order valence-electron chi connectivity index (χ2n) is 5.57. The Labute approximate surface area is 143 Å². The van der Waals surface area contributed by atoms with E-state index in [1.807, 2.05) is 66.2 Å². The van der Waals surface area contributed by atoms with Crippen molar-refractivity contribution >= 4 is 28.3 Å². The third-order valence-corrected chi connectivity index (χ3v) is 4.17. The van der Waals surface area contributed by atoms with Crippen LogP contribution in [0, 0.1) is 11.3 Å². The lowest BCUT2D eigenvalue weighted by atomic mass is 10.1. The van der Waals surface area contributed by atoms with E-state index in [1.165, 1.54) is 11.3 Å². The maximum absolute atomic E-state index is 12.2. The van der Waals surface area contributed by atoms with E-state index >= 15 is 0 Å². The van der Waals surface area contributed by atoms with Crippen molar-refractivity contribution in [2.24, 2.45) is 0 Å². The SMILES string of the molecule is CC(C)NC(=O)/C(C#N)=C/c1c(-c2ccccc2)nc2sccn12. The van der Waals surface area contributed by atoms with E-state index in [0.29, 0.717) is 0 Å². The molecule has 0 aliphatic heterocycles. The summed E-state index contributed by atoms with van der Waals surface area (Å²) in [5, 5.41) is 14.1. The minimum absolute atomic E-state index is 0.0329. The fourth-order valence-electron chi connectivity index (χ4n) is 2.37.